The zero-order valence-corrected chi connectivity index (χ0v) is 13.6. The van der Waals surface area contributed by atoms with Gasteiger partial charge >= 0.3 is 0 Å². The fraction of sp³-hybridized carbons (Fsp3) is 0.667. The minimum absolute atomic E-state index is 0.0710. The lowest BCUT2D eigenvalue weighted by molar-refractivity contribution is 0.155. The fourth-order valence-corrected chi connectivity index (χ4v) is 3.36. The van der Waals surface area contributed by atoms with Crippen LogP contribution in [0.3, 0.4) is 0 Å². The molecule has 0 amide bonds. The van der Waals surface area contributed by atoms with Gasteiger partial charge in [-0.15, -0.1) is 0 Å². The van der Waals surface area contributed by atoms with Crippen LogP contribution in [0.25, 0.3) is 0 Å². The third-order valence-electron chi connectivity index (χ3n) is 4.85. The van der Waals surface area contributed by atoms with Crippen LogP contribution in [-0.4, -0.2) is 31.6 Å². The van der Waals surface area contributed by atoms with Crippen molar-refractivity contribution >= 4 is 0 Å². The topological polar surface area (TPSA) is 15.3 Å². The summed E-state index contributed by atoms with van der Waals surface area (Å²) in [6.07, 6.45) is 4.16. The predicted octanol–water partition coefficient (Wildman–Crippen LogP) is 3.84. The SMILES string of the molecule is CCN(CC1CCC1)CC(C)C(NC)c1ccccc1F. The van der Waals surface area contributed by atoms with E-state index in [0.717, 1.165) is 24.6 Å². The van der Waals surface area contributed by atoms with Crippen molar-refractivity contribution in [1.29, 1.82) is 0 Å². The first-order valence-electron chi connectivity index (χ1n) is 8.29. The summed E-state index contributed by atoms with van der Waals surface area (Å²) < 4.78 is 14.0. The molecule has 0 radical (unpaired) electrons. The van der Waals surface area contributed by atoms with E-state index in [1.807, 2.05) is 19.2 Å². The lowest BCUT2D eigenvalue weighted by atomic mass is 9.84. The average Bonchev–Trinajstić information content (AvgIpc) is 2.44. The maximum Gasteiger partial charge on any atom is 0.127 e. The molecule has 0 spiro atoms. The minimum Gasteiger partial charge on any atom is -0.313 e. The number of halogens is 1. The molecule has 1 aromatic rings. The number of hydrogen-bond acceptors (Lipinski definition) is 2. The monoisotopic (exact) mass is 292 g/mol. The Morgan fingerprint density at radius 2 is 2.05 bits per heavy atom. The lowest BCUT2D eigenvalue weighted by Crippen LogP contribution is -2.38. The molecule has 0 heterocycles. The van der Waals surface area contributed by atoms with E-state index < -0.39 is 0 Å². The molecule has 2 rings (SSSR count). The average molecular weight is 292 g/mol. The van der Waals surface area contributed by atoms with Crippen molar-refractivity contribution in [2.75, 3.05) is 26.7 Å². The summed E-state index contributed by atoms with van der Waals surface area (Å²) in [5.41, 5.74) is 0.784. The standard InChI is InChI=1S/C18H29FN2/c1-4-21(13-15-8-7-9-15)12-14(2)18(20-3)16-10-5-6-11-17(16)19/h5-6,10-11,14-15,18,20H,4,7-9,12-13H2,1-3H3. The molecule has 2 nitrogen and oxygen atoms in total. The largest absolute Gasteiger partial charge is 0.313 e. The zero-order valence-electron chi connectivity index (χ0n) is 13.6. The summed E-state index contributed by atoms with van der Waals surface area (Å²) in [4.78, 5) is 2.53. The maximum absolute atomic E-state index is 14.0. The molecule has 1 aliphatic rings. The highest BCUT2D eigenvalue weighted by molar-refractivity contribution is 5.21. The van der Waals surface area contributed by atoms with Gasteiger partial charge in [0.05, 0.1) is 0 Å². The van der Waals surface area contributed by atoms with Crippen molar-refractivity contribution in [2.24, 2.45) is 11.8 Å². The van der Waals surface area contributed by atoms with Crippen molar-refractivity contribution < 1.29 is 4.39 Å². The van der Waals surface area contributed by atoms with Gasteiger partial charge in [0.2, 0.25) is 0 Å². The summed E-state index contributed by atoms with van der Waals surface area (Å²) in [7, 11) is 1.93. The van der Waals surface area contributed by atoms with E-state index in [4.69, 9.17) is 0 Å². The van der Waals surface area contributed by atoms with E-state index in [-0.39, 0.29) is 11.9 Å². The Bertz CT molecular complexity index is 431. The highest BCUT2D eigenvalue weighted by Gasteiger charge is 2.25. The first kappa shape index (κ1) is 16.4. The smallest absolute Gasteiger partial charge is 0.127 e. The summed E-state index contributed by atoms with van der Waals surface area (Å²) in [5.74, 6) is 1.16. The molecular formula is C18H29FN2. The van der Waals surface area contributed by atoms with Gasteiger partial charge in [0.25, 0.3) is 0 Å². The molecule has 0 aliphatic heterocycles. The molecule has 1 fully saturated rings. The Balaban J connectivity index is 1.98. The van der Waals surface area contributed by atoms with Crippen molar-refractivity contribution in [2.45, 2.75) is 39.2 Å². The third kappa shape index (κ3) is 4.27. The van der Waals surface area contributed by atoms with Gasteiger partial charge in [-0.05, 0) is 44.3 Å². The van der Waals surface area contributed by atoms with E-state index in [0.29, 0.717) is 5.92 Å². The van der Waals surface area contributed by atoms with Gasteiger partial charge in [-0.25, -0.2) is 4.39 Å². The highest BCUT2D eigenvalue weighted by atomic mass is 19.1. The van der Waals surface area contributed by atoms with Crippen molar-refractivity contribution in [3.63, 3.8) is 0 Å². The van der Waals surface area contributed by atoms with E-state index in [9.17, 15) is 4.39 Å². The minimum atomic E-state index is -0.106. The summed E-state index contributed by atoms with van der Waals surface area (Å²) in [6, 6.07) is 7.20. The molecule has 0 bridgehead atoms. The molecule has 1 N–H and O–H groups in total. The lowest BCUT2D eigenvalue weighted by Gasteiger charge is -2.35. The molecule has 1 aromatic carbocycles. The first-order chi connectivity index (χ1) is 10.2. The van der Waals surface area contributed by atoms with Crippen LogP contribution in [0, 0.1) is 17.7 Å². The number of nitrogens with zero attached hydrogens (tertiary/aromatic N) is 1. The molecule has 3 heteroatoms. The number of hydrogen-bond donors (Lipinski definition) is 1. The van der Waals surface area contributed by atoms with Crippen molar-refractivity contribution in [3.8, 4) is 0 Å². The van der Waals surface area contributed by atoms with Crippen LogP contribution in [0.5, 0.6) is 0 Å². The van der Waals surface area contributed by atoms with Crippen LogP contribution in [0.1, 0.15) is 44.7 Å². The van der Waals surface area contributed by atoms with E-state index in [1.54, 1.807) is 12.1 Å². The Morgan fingerprint density at radius 3 is 2.57 bits per heavy atom. The molecule has 2 unspecified atom stereocenters. The van der Waals surface area contributed by atoms with Gasteiger partial charge in [-0.3, -0.25) is 0 Å². The number of benzene rings is 1. The molecule has 1 saturated carbocycles. The van der Waals surface area contributed by atoms with Gasteiger partial charge in [-0.2, -0.15) is 0 Å². The van der Waals surface area contributed by atoms with E-state index in [2.05, 4.69) is 24.1 Å². The van der Waals surface area contributed by atoms with Crippen LogP contribution in [-0.2, 0) is 0 Å². The van der Waals surface area contributed by atoms with Crippen LogP contribution in [0.4, 0.5) is 4.39 Å². The van der Waals surface area contributed by atoms with E-state index in [1.165, 1.54) is 25.8 Å². The third-order valence-corrected chi connectivity index (χ3v) is 4.85. The second-order valence-corrected chi connectivity index (χ2v) is 6.41. The Hall–Kier alpha value is -0.930. The molecule has 0 aromatic heterocycles. The normalized spacial score (nSPS) is 18.5. The first-order valence-corrected chi connectivity index (χ1v) is 8.29. The molecule has 1 aliphatic carbocycles. The van der Waals surface area contributed by atoms with Crippen LogP contribution in [0.15, 0.2) is 24.3 Å². The van der Waals surface area contributed by atoms with Gasteiger partial charge in [0.1, 0.15) is 5.82 Å². The maximum atomic E-state index is 14.0. The second-order valence-electron chi connectivity index (χ2n) is 6.41. The Labute approximate surface area is 128 Å². The van der Waals surface area contributed by atoms with Gasteiger partial charge in [0, 0.05) is 24.7 Å². The zero-order chi connectivity index (χ0) is 15.2. The Kier molecular flexibility index (Phi) is 6.19. The van der Waals surface area contributed by atoms with Crippen LogP contribution < -0.4 is 5.32 Å². The fourth-order valence-electron chi connectivity index (χ4n) is 3.36. The summed E-state index contributed by atoms with van der Waals surface area (Å²) in [5, 5.41) is 3.30. The van der Waals surface area contributed by atoms with Crippen molar-refractivity contribution in [1.82, 2.24) is 10.2 Å². The molecule has 118 valence electrons. The molecule has 2 atom stereocenters. The molecule has 0 saturated heterocycles. The quantitative estimate of drug-likeness (QED) is 0.783. The summed E-state index contributed by atoms with van der Waals surface area (Å²) in [6.45, 7) is 7.75. The van der Waals surface area contributed by atoms with Crippen LogP contribution >= 0.6 is 0 Å². The number of nitrogens with one attached hydrogen (secondary N) is 1. The predicted molar refractivity (Wildman–Crippen MR) is 86.8 cm³/mol. The van der Waals surface area contributed by atoms with Crippen molar-refractivity contribution in [3.05, 3.63) is 35.6 Å². The second kappa shape index (κ2) is 7.90. The van der Waals surface area contributed by atoms with Gasteiger partial charge in [-0.1, -0.05) is 38.5 Å². The molecular weight excluding hydrogens is 263 g/mol. The Morgan fingerprint density at radius 1 is 1.33 bits per heavy atom. The summed E-state index contributed by atoms with van der Waals surface area (Å²) >= 11 is 0. The molecule has 21 heavy (non-hydrogen) atoms. The van der Waals surface area contributed by atoms with Crippen LogP contribution in [0.2, 0.25) is 0 Å². The van der Waals surface area contributed by atoms with Gasteiger partial charge < -0.3 is 10.2 Å². The number of rotatable bonds is 8. The van der Waals surface area contributed by atoms with E-state index >= 15 is 0 Å². The highest BCUT2D eigenvalue weighted by Crippen LogP contribution is 2.29. The van der Waals surface area contributed by atoms with Gasteiger partial charge in [0.15, 0.2) is 0 Å².